The van der Waals surface area contributed by atoms with Crippen molar-refractivity contribution in [2.45, 2.75) is 51.7 Å². The molecular formula is C17H27BN2O3. The van der Waals surface area contributed by atoms with Gasteiger partial charge in [0.1, 0.15) is 6.61 Å². The molecule has 0 amide bonds. The fraction of sp³-hybridized carbons (Fsp3) is 0.706. The molecule has 0 radical (unpaired) electrons. The maximum absolute atomic E-state index is 6.03. The number of hydrogen-bond acceptors (Lipinski definition) is 5. The molecule has 0 aromatic carbocycles. The van der Waals surface area contributed by atoms with E-state index in [1.54, 1.807) is 6.20 Å². The molecule has 1 aromatic heterocycles. The Hall–Kier alpha value is -1.11. The summed E-state index contributed by atoms with van der Waals surface area (Å²) in [5.74, 6) is 0.657. The van der Waals surface area contributed by atoms with E-state index >= 15 is 0 Å². The quantitative estimate of drug-likeness (QED) is 0.775. The SMILES string of the molecule is CC1(C)OB(c2ccc(OCCN3CCCC3)nc2)OC1(C)C. The van der Waals surface area contributed by atoms with Gasteiger partial charge in [-0.05, 0) is 59.7 Å². The second-order valence-corrected chi connectivity index (χ2v) is 7.42. The van der Waals surface area contributed by atoms with Crippen molar-refractivity contribution in [3.8, 4) is 5.88 Å². The van der Waals surface area contributed by atoms with Crippen molar-refractivity contribution in [1.82, 2.24) is 9.88 Å². The zero-order valence-corrected chi connectivity index (χ0v) is 14.7. The molecular weight excluding hydrogens is 291 g/mol. The summed E-state index contributed by atoms with van der Waals surface area (Å²) in [5.41, 5.74) is 0.265. The summed E-state index contributed by atoms with van der Waals surface area (Å²) in [7, 11) is -0.369. The first-order chi connectivity index (χ1) is 10.9. The maximum Gasteiger partial charge on any atom is 0.496 e. The summed E-state index contributed by atoms with van der Waals surface area (Å²) in [6, 6.07) is 3.87. The van der Waals surface area contributed by atoms with Crippen LogP contribution in [0.25, 0.3) is 0 Å². The van der Waals surface area contributed by atoms with E-state index in [9.17, 15) is 0 Å². The van der Waals surface area contributed by atoms with E-state index in [0.29, 0.717) is 12.5 Å². The molecule has 2 fully saturated rings. The van der Waals surface area contributed by atoms with Crippen LogP contribution >= 0.6 is 0 Å². The molecule has 0 aliphatic carbocycles. The zero-order chi connectivity index (χ0) is 16.5. The summed E-state index contributed by atoms with van der Waals surface area (Å²) >= 11 is 0. The fourth-order valence-electron chi connectivity index (χ4n) is 2.88. The largest absolute Gasteiger partial charge is 0.496 e. The predicted octanol–water partition coefficient (Wildman–Crippen LogP) is 1.86. The van der Waals surface area contributed by atoms with Gasteiger partial charge < -0.3 is 14.0 Å². The average molecular weight is 318 g/mol. The van der Waals surface area contributed by atoms with Crippen LogP contribution in [0.5, 0.6) is 5.88 Å². The Balaban J connectivity index is 1.53. The van der Waals surface area contributed by atoms with Crippen LogP contribution in [0.2, 0.25) is 0 Å². The van der Waals surface area contributed by atoms with Crippen LogP contribution in [0, 0.1) is 0 Å². The lowest BCUT2D eigenvalue weighted by molar-refractivity contribution is 0.00578. The number of hydrogen-bond donors (Lipinski definition) is 0. The number of likely N-dealkylation sites (tertiary alicyclic amines) is 1. The second kappa shape index (κ2) is 6.42. The predicted molar refractivity (Wildman–Crippen MR) is 91.1 cm³/mol. The van der Waals surface area contributed by atoms with Crippen LogP contribution in [0.1, 0.15) is 40.5 Å². The van der Waals surface area contributed by atoms with Crippen molar-refractivity contribution in [1.29, 1.82) is 0 Å². The van der Waals surface area contributed by atoms with Gasteiger partial charge in [-0.1, -0.05) is 6.07 Å². The van der Waals surface area contributed by atoms with Crippen molar-refractivity contribution in [3.63, 3.8) is 0 Å². The summed E-state index contributed by atoms with van der Waals surface area (Å²) in [6.45, 7) is 12.2. The molecule has 2 saturated heterocycles. The number of pyridine rings is 1. The van der Waals surface area contributed by atoms with Crippen LogP contribution in [0.3, 0.4) is 0 Å². The first-order valence-electron chi connectivity index (χ1n) is 8.54. The molecule has 0 saturated carbocycles. The van der Waals surface area contributed by atoms with Crippen molar-refractivity contribution < 1.29 is 14.0 Å². The van der Waals surface area contributed by atoms with E-state index in [0.717, 1.165) is 12.0 Å². The molecule has 126 valence electrons. The molecule has 5 nitrogen and oxygen atoms in total. The highest BCUT2D eigenvalue weighted by molar-refractivity contribution is 6.62. The zero-order valence-electron chi connectivity index (χ0n) is 14.7. The monoisotopic (exact) mass is 318 g/mol. The van der Waals surface area contributed by atoms with Gasteiger partial charge in [-0.2, -0.15) is 0 Å². The highest BCUT2D eigenvalue weighted by Gasteiger charge is 2.51. The van der Waals surface area contributed by atoms with Gasteiger partial charge in [0.2, 0.25) is 5.88 Å². The van der Waals surface area contributed by atoms with E-state index in [2.05, 4.69) is 37.6 Å². The molecule has 0 bridgehead atoms. The average Bonchev–Trinajstić information content (AvgIpc) is 3.06. The number of nitrogens with zero attached hydrogens (tertiary/aromatic N) is 2. The highest BCUT2D eigenvalue weighted by atomic mass is 16.7. The standard InChI is InChI=1S/C17H27BN2O3/c1-16(2)17(3,4)23-18(22-16)14-7-8-15(19-13-14)21-12-11-20-9-5-6-10-20/h7-8,13H,5-6,9-12H2,1-4H3. The van der Waals surface area contributed by atoms with E-state index in [-0.39, 0.29) is 18.3 Å². The fourth-order valence-corrected chi connectivity index (χ4v) is 2.88. The number of ether oxygens (including phenoxy) is 1. The molecule has 2 aliphatic rings. The van der Waals surface area contributed by atoms with E-state index in [4.69, 9.17) is 14.0 Å². The summed E-state index contributed by atoms with van der Waals surface area (Å²) in [4.78, 5) is 6.81. The number of rotatable bonds is 5. The lowest BCUT2D eigenvalue weighted by Crippen LogP contribution is -2.41. The van der Waals surface area contributed by atoms with Crippen LogP contribution in [0.4, 0.5) is 0 Å². The summed E-state index contributed by atoms with van der Waals surface area (Å²) in [6.07, 6.45) is 4.40. The smallest absolute Gasteiger partial charge is 0.476 e. The summed E-state index contributed by atoms with van der Waals surface area (Å²) in [5, 5.41) is 0. The van der Waals surface area contributed by atoms with Crippen LogP contribution in [0.15, 0.2) is 18.3 Å². The van der Waals surface area contributed by atoms with Gasteiger partial charge in [-0.3, -0.25) is 4.90 Å². The first-order valence-corrected chi connectivity index (χ1v) is 8.54. The molecule has 23 heavy (non-hydrogen) atoms. The Morgan fingerprint density at radius 2 is 1.78 bits per heavy atom. The van der Waals surface area contributed by atoms with E-state index in [1.165, 1.54) is 25.9 Å². The van der Waals surface area contributed by atoms with E-state index < -0.39 is 0 Å². The molecule has 3 rings (SSSR count). The third-order valence-electron chi connectivity index (χ3n) is 5.14. The lowest BCUT2D eigenvalue weighted by atomic mass is 9.80. The van der Waals surface area contributed by atoms with Crippen molar-refractivity contribution in [2.24, 2.45) is 0 Å². The van der Waals surface area contributed by atoms with Gasteiger partial charge in [0.15, 0.2) is 0 Å². The van der Waals surface area contributed by atoms with Gasteiger partial charge in [0.25, 0.3) is 0 Å². The van der Waals surface area contributed by atoms with Gasteiger partial charge in [0.05, 0.1) is 11.2 Å². The molecule has 3 heterocycles. The van der Waals surface area contributed by atoms with Crippen LogP contribution in [-0.2, 0) is 9.31 Å². The van der Waals surface area contributed by atoms with Crippen molar-refractivity contribution in [2.75, 3.05) is 26.2 Å². The molecule has 0 spiro atoms. The van der Waals surface area contributed by atoms with Gasteiger partial charge >= 0.3 is 7.12 Å². The van der Waals surface area contributed by atoms with Gasteiger partial charge in [0, 0.05) is 18.2 Å². The molecule has 0 unspecified atom stereocenters. The topological polar surface area (TPSA) is 43.8 Å². The normalized spacial score (nSPS) is 23.4. The Kier molecular flexibility index (Phi) is 4.67. The lowest BCUT2D eigenvalue weighted by Gasteiger charge is -2.32. The van der Waals surface area contributed by atoms with Crippen LogP contribution in [-0.4, -0.2) is 54.4 Å². The molecule has 0 N–H and O–H groups in total. The Labute approximate surface area is 139 Å². The van der Waals surface area contributed by atoms with Crippen molar-refractivity contribution >= 4 is 12.6 Å². The number of aromatic nitrogens is 1. The minimum absolute atomic E-state index is 0.331. The van der Waals surface area contributed by atoms with Gasteiger partial charge in [-0.25, -0.2) is 4.98 Å². The minimum Gasteiger partial charge on any atom is -0.476 e. The van der Waals surface area contributed by atoms with Gasteiger partial charge in [-0.15, -0.1) is 0 Å². The Morgan fingerprint density at radius 1 is 1.13 bits per heavy atom. The molecule has 0 atom stereocenters. The van der Waals surface area contributed by atoms with Crippen LogP contribution < -0.4 is 10.2 Å². The maximum atomic E-state index is 6.03. The third-order valence-corrected chi connectivity index (χ3v) is 5.14. The first kappa shape index (κ1) is 16.7. The summed E-state index contributed by atoms with van der Waals surface area (Å²) < 4.78 is 17.8. The van der Waals surface area contributed by atoms with Crippen molar-refractivity contribution in [3.05, 3.63) is 18.3 Å². The minimum atomic E-state index is -0.369. The molecule has 1 aromatic rings. The molecule has 2 aliphatic heterocycles. The Bertz CT molecular complexity index is 511. The third kappa shape index (κ3) is 3.70. The van der Waals surface area contributed by atoms with E-state index in [1.807, 2.05) is 12.1 Å². The Morgan fingerprint density at radius 3 is 2.35 bits per heavy atom. The molecule has 6 heteroatoms. The second-order valence-electron chi connectivity index (χ2n) is 7.42. The highest BCUT2D eigenvalue weighted by Crippen LogP contribution is 2.36.